The highest BCUT2D eigenvalue weighted by molar-refractivity contribution is 6.31. The largest absolute Gasteiger partial charge is 0.467 e. The first-order valence-electron chi connectivity index (χ1n) is 12.7. The third-order valence-electron chi connectivity index (χ3n) is 6.63. The number of halogens is 1. The van der Waals surface area contributed by atoms with Crippen LogP contribution < -0.4 is 5.32 Å². The van der Waals surface area contributed by atoms with E-state index in [4.69, 9.17) is 20.4 Å². The average molecular weight is 537 g/mol. The SMILES string of the molecule is Cc1ccc(-c2nnn(CC(=O)N(Cc3ccccc3Cl)[C@@H](C(=O)NC3CCCCC3)c3ccco3)n2)o1. The van der Waals surface area contributed by atoms with Gasteiger partial charge in [0.05, 0.1) is 6.26 Å². The molecule has 1 aliphatic carbocycles. The number of aryl methyl sites for hydroxylation is 1. The Bertz CT molecular complexity index is 1380. The summed E-state index contributed by atoms with van der Waals surface area (Å²) in [6, 6.07) is 13.2. The van der Waals surface area contributed by atoms with Crippen molar-refractivity contribution >= 4 is 23.4 Å². The third kappa shape index (κ3) is 5.96. The summed E-state index contributed by atoms with van der Waals surface area (Å²) in [5.41, 5.74) is 0.697. The lowest BCUT2D eigenvalue weighted by molar-refractivity contribution is -0.143. The standard InChI is InChI=1S/C27H29ClN6O4/c1-18-13-14-23(38-18)26-30-32-34(31-26)17-24(35)33(16-19-8-5-6-11-21(19)28)25(22-12-7-15-37-22)27(36)29-20-9-3-2-4-10-20/h5-8,11-15,20,25H,2-4,9-10,16-17H2,1H3,(H,29,36)/t25-/m1/s1. The molecule has 3 aromatic heterocycles. The summed E-state index contributed by atoms with van der Waals surface area (Å²) in [7, 11) is 0. The maximum absolute atomic E-state index is 13.8. The van der Waals surface area contributed by atoms with Gasteiger partial charge >= 0.3 is 0 Å². The fraction of sp³-hybridized carbons (Fsp3) is 0.370. The molecule has 2 amide bonds. The van der Waals surface area contributed by atoms with Crippen LogP contribution in [0.15, 0.2) is 63.6 Å². The van der Waals surface area contributed by atoms with Gasteiger partial charge in [-0.3, -0.25) is 9.59 Å². The normalized spacial score (nSPS) is 14.8. The molecule has 3 heterocycles. The number of nitrogens with one attached hydrogen (secondary N) is 1. The van der Waals surface area contributed by atoms with Gasteiger partial charge in [0, 0.05) is 17.6 Å². The van der Waals surface area contributed by atoms with Gasteiger partial charge in [-0.2, -0.15) is 4.80 Å². The molecule has 1 saturated carbocycles. The Labute approximate surface area is 224 Å². The van der Waals surface area contributed by atoms with Crippen molar-refractivity contribution in [2.45, 2.75) is 64.2 Å². The molecule has 38 heavy (non-hydrogen) atoms. The molecule has 1 N–H and O–H groups in total. The molecule has 1 aliphatic rings. The van der Waals surface area contributed by atoms with Crippen molar-refractivity contribution < 1.29 is 18.4 Å². The number of carbonyl (C=O) groups excluding carboxylic acids is 2. The molecular formula is C27H29ClN6O4. The molecule has 1 aromatic carbocycles. The number of nitrogens with zero attached hydrogens (tertiary/aromatic N) is 5. The van der Waals surface area contributed by atoms with Crippen molar-refractivity contribution in [2.75, 3.05) is 0 Å². The highest BCUT2D eigenvalue weighted by Gasteiger charge is 2.35. The lowest BCUT2D eigenvalue weighted by Crippen LogP contribution is -2.47. The van der Waals surface area contributed by atoms with Crippen LogP contribution in [0.5, 0.6) is 0 Å². The fourth-order valence-corrected chi connectivity index (χ4v) is 4.90. The van der Waals surface area contributed by atoms with Crippen LogP contribution in [0.3, 0.4) is 0 Å². The zero-order chi connectivity index (χ0) is 26.5. The van der Waals surface area contributed by atoms with Gasteiger partial charge in [0.15, 0.2) is 11.8 Å². The van der Waals surface area contributed by atoms with E-state index in [0.717, 1.165) is 32.1 Å². The highest BCUT2D eigenvalue weighted by Crippen LogP contribution is 2.28. The quantitative estimate of drug-likeness (QED) is 0.329. The van der Waals surface area contributed by atoms with Crippen LogP contribution in [0.2, 0.25) is 5.02 Å². The number of aromatic nitrogens is 4. The van der Waals surface area contributed by atoms with Crippen LogP contribution in [-0.4, -0.2) is 43.0 Å². The molecule has 1 fully saturated rings. The predicted molar refractivity (Wildman–Crippen MR) is 139 cm³/mol. The summed E-state index contributed by atoms with van der Waals surface area (Å²) in [4.78, 5) is 30.2. The van der Waals surface area contributed by atoms with Gasteiger partial charge in [0.1, 0.15) is 18.1 Å². The minimum atomic E-state index is -1.01. The van der Waals surface area contributed by atoms with E-state index in [1.807, 2.05) is 25.1 Å². The van der Waals surface area contributed by atoms with Gasteiger partial charge in [-0.15, -0.1) is 10.2 Å². The topological polar surface area (TPSA) is 119 Å². The van der Waals surface area contributed by atoms with Crippen molar-refractivity contribution in [3.63, 3.8) is 0 Å². The number of carbonyl (C=O) groups is 2. The maximum Gasteiger partial charge on any atom is 0.250 e. The zero-order valence-electron chi connectivity index (χ0n) is 21.0. The molecule has 5 rings (SSSR count). The fourth-order valence-electron chi connectivity index (χ4n) is 4.71. The van der Waals surface area contributed by atoms with E-state index < -0.39 is 11.9 Å². The van der Waals surface area contributed by atoms with Crippen molar-refractivity contribution in [1.82, 2.24) is 30.4 Å². The van der Waals surface area contributed by atoms with Crippen LogP contribution in [0.4, 0.5) is 0 Å². The number of benzene rings is 1. The maximum atomic E-state index is 13.8. The van der Waals surface area contributed by atoms with E-state index in [-0.39, 0.29) is 30.9 Å². The second kappa shape index (κ2) is 11.6. The summed E-state index contributed by atoms with van der Waals surface area (Å²) in [5.74, 6) is 1.09. The zero-order valence-corrected chi connectivity index (χ0v) is 21.8. The Morgan fingerprint density at radius 2 is 1.95 bits per heavy atom. The first-order chi connectivity index (χ1) is 18.5. The van der Waals surface area contributed by atoms with Crippen molar-refractivity contribution in [1.29, 1.82) is 0 Å². The second-order valence-corrected chi connectivity index (χ2v) is 9.84. The molecule has 1 atom stereocenters. The summed E-state index contributed by atoms with van der Waals surface area (Å²) in [6.45, 7) is 1.66. The van der Waals surface area contributed by atoms with Crippen LogP contribution in [0.25, 0.3) is 11.6 Å². The molecule has 0 radical (unpaired) electrons. The number of rotatable bonds is 9. The van der Waals surface area contributed by atoms with Crippen LogP contribution in [0, 0.1) is 6.92 Å². The van der Waals surface area contributed by atoms with E-state index in [1.54, 1.807) is 30.3 Å². The molecule has 10 nitrogen and oxygen atoms in total. The number of furan rings is 2. The molecule has 0 saturated heterocycles. The molecule has 0 bridgehead atoms. The van der Waals surface area contributed by atoms with E-state index >= 15 is 0 Å². The number of amides is 2. The lowest BCUT2D eigenvalue weighted by Gasteiger charge is -2.32. The number of hydrogen-bond donors (Lipinski definition) is 1. The van der Waals surface area contributed by atoms with Gasteiger partial charge < -0.3 is 19.1 Å². The monoisotopic (exact) mass is 536 g/mol. The summed E-state index contributed by atoms with van der Waals surface area (Å²) >= 11 is 6.46. The van der Waals surface area contributed by atoms with Gasteiger partial charge in [-0.25, -0.2) is 0 Å². The second-order valence-electron chi connectivity index (χ2n) is 9.43. The Morgan fingerprint density at radius 3 is 2.66 bits per heavy atom. The average Bonchev–Trinajstić information content (AvgIpc) is 3.68. The smallest absolute Gasteiger partial charge is 0.250 e. The first-order valence-corrected chi connectivity index (χ1v) is 13.1. The van der Waals surface area contributed by atoms with Gasteiger partial charge in [0.2, 0.25) is 11.7 Å². The molecule has 4 aromatic rings. The van der Waals surface area contributed by atoms with Crippen molar-refractivity contribution in [3.8, 4) is 11.6 Å². The molecule has 11 heteroatoms. The van der Waals surface area contributed by atoms with E-state index in [1.165, 1.54) is 16.0 Å². The van der Waals surface area contributed by atoms with Gasteiger partial charge in [-0.1, -0.05) is 49.1 Å². The summed E-state index contributed by atoms with van der Waals surface area (Å²) in [5, 5.41) is 16.0. The minimum Gasteiger partial charge on any atom is -0.467 e. The summed E-state index contributed by atoms with van der Waals surface area (Å²) < 4.78 is 11.2. The number of hydrogen-bond acceptors (Lipinski definition) is 7. The highest BCUT2D eigenvalue weighted by atomic mass is 35.5. The Kier molecular flexibility index (Phi) is 7.88. The molecule has 0 spiro atoms. The molecule has 0 unspecified atom stereocenters. The molecule has 198 valence electrons. The van der Waals surface area contributed by atoms with Crippen molar-refractivity contribution in [2.24, 2.45) is 0 Å². The lowest BCUT2D eigenvalue weighted by atomic mass is 9.95. The number of tetrazole rings is 1. The minimum absolute atomic E-state index is 0.0577. The van der Waals surface area contributed by atoms with Gasteiger partial charge in [0.25, 0.3) is 5.91 Å². The van der Waals surface area contributed by atoms with E-state index in [9.17, 15) is 9.59 Å². The van der Waals surface area contributed by atoms with E-state index in [0.29, 0.717) is 27.9 Å². The van der Waals surface area contributed by atoms with E-state index in [2.05, 4.69) is 20.7 Å². The van der Waals surface area contributed by atoms with Crippen LogP contribution >= 0.6 is 11.6 Å². The molecular weight excluding hydrogens is 508 g/mol. The molecule has 0 aliphatic heterocycles. The van der Waals surface area contributed by atoms with Crippen molar-refractivity contribution in [3.05, 3.63) is 76.9 Å². The Morgan fingerprint density at radius 1 is 1.13 bits per heavy atom. The third-order valence-corrected chi connectivity index (χ3v) is 7.00. The van der Waals surface area contributed by atoms with Gasteiger partial charge in [-0.05, 0) is 60.9 Å². The Hall–Kier alpha value is -3.92. The van der Waals surface area contributed by atoms with Crippen LogP contribution in [0.1, 0.15) is 55.2 Å². The van der Waals surface area contributed by atoms with Crippen LogP contribution in [-0.2, 0) is 22.7 Å². The summed E-state index contributed by atoms with van der Waals surface area (Å²) in [6.07, 6.45) is 6.60. The predicted octanol–water partition coefficient (Wildman–Crippen LogP) is 4.71. The first kappa shape index (κ1) is 25.7. The Balaban J connectivity index is 1.44.